The minimum absolute atomic E-state index is 0.00409. The molecule has 31 heavy (non-hydrogen) atoms. The van der Waals surface area contributed by atoms with Gasteiger partial charge in [-0.15, -0.1) is 0 Å². The Balaban J connectivity index is 1.39. The van der Waals surface area contributed by atoms with Crippen LogP contribution in [0.2, 0.25) is 5.02 Å². The van der Waals surface area contributed by atoms with Gasteiger partial charge >= 0.3 is 0 Å². The number of likely N-dealkylation sites (tertiary alicyclic amines) is 1. The van der Waals surface area contributed by atoms with Gasteiger partial charge in [0.15, 0.2) is 0 Å². The molecule has 0 radical (unpaired) electrons. The smallest absolute Gasteiger partial charge is 0.253 e. The van der Waals surface area contributed by atoms with Gasteiger partial charge in [-0.3, -0.25) is 4.79 Å². The Kier molecular flexibility index (Phi) is 6.56. The first-order chi connectivity index (χ1) is 14.8. The molecule has 6 heteroatoms. The van der Waals surface area contributed by atoms with Crippen molar-refractivity contribution in [2.45, 2.75) is 51.4 Å². The molecule has 2 fully saturated rings. The Bertz CT molecular complexity index is 921. The van der Waals surface area contributed by atoms with Crippen LogP contribution in [0.15, 0.2) is 42.5 Å². The van der Waals surface area contributed by atoms with Gasteiger partial charge in [-0.1, -0.05) is 23.7 Å². The Morgan fingerprint density at radius 2 is 1.90 bits per heavy atom. The number of ether oxygens (including phenoxy) is 2. The minimum Gasteiger partial charge on any atom is -0.491 e. The van der Waals surface area contributed by atoms with Crippen LogP contribution in [0, 0.1) is 6.92 Å². The molecule has 0 saturated carbocycles. The Labute approximate surface area is 189 Å². The van der Waals surface area contributed by atoms with Crippen molar-refractivity contribution in [2.75, 3.05) is 26.2 Å². The lowest BCUT2D eigenvalue weighted by Crippen LogP contribution is -2.57. The molecule has 2 saturated heterocycles. The molecule has 0 bridgehead atoms. The number of nitrogens with zero attached hydrogens (tertiary/aromatic N) is 1. The van der Waals surface area contributed by atoms with Gasteiger partial charge in [0.2, 0.25) is 0 Å². The van der Waals surface area contributed by atoms with E-state index in [0.29, 0.717) is 18.7 Å². The number of carbonyl (C=O) groups excluding carboxylic acids is 1. The number of piperidine rings is 1. The highest BCUT2D eigenvalue weighted by Crippen LogP contribution is 2.35. The van der Waals surface area contributed by atoms with E-state index in [2.05, 4.69) is 5.32 Å². The summed E-state index contributed by atoms with van der Waals surface area (Å²) in [4.78, 5) is 15.0. The molecule has 2 aliphatic heterocycles. The highest BCUT2D eigenvalue weighted by atomic mass is 35.5. The van der Waals surface area contributed by atoms with E-state index in [-0.39, 0.29) is 23.7 Å². The van der Waals surface area contributed by atoms with E-state index in [0.717, 1.165) is 47.8 Å². The average Bonchev–Trinajstić information content (AvgIpc) is 2.75. The second-order valence-corrected chi connectivity index (χ2v) is 9.35. The lowest BCUT2D eigenvalue weighted by Gasteiger charge is -2.46. The number of rotatable bonds is 4. The zero-order valence-electron chi connectivity index (χ0n) is 18.5. The van der Waals surface area contributed by atoms with Crippen molar-refractivity contribution >= 4 is 17.5 Å². The van der Waals surface area contributed by atoms with Crippen LogP contribution < -0.4 is 10.1 Å². The number of halogens is 1. The summed E-state index contributed by atoms with van der Waals surface area (Å²) in [5, 5.41) is 4.27. The molecule has 2 aromatic rings. The zero-order chi connectivity index (χ0) is 22.0. The summed E-state index contributed by atoms with van der Waals surface area (Å²) in [7, 11) is 0. The fourth-order valence-corrected chi connectivity index (χ4v) is 4.57. The van der Waals surface area contributed by atoms with Gasteiger partial charge in [-0.05, 0) is 75.1 Å². The molecule has 1 spiro atoms. The van der Waals surface area contributed by atoms with Crippen molar-refractivity contribution in [3.05, 3.63) is 64.2 Å². The Morgan fingerprint density at radius 1 is 1.19 bits per heavy atom. The van der Waals surface area contributed by atoms with Crippen LogP contribution in [-0.4, -0.2) is 48.7 Å². The summed E-state index contributed by atoms with van der Waals surface area (Å²) in [5.41, 5.74) is 2.60. The number of morpholine rings is 1. The van der Waals surface area contributed by atoms with E-state index in [1.165, 1.54) is 0 Å². The van der Waals surface area contributed by atoms with Crippen LogP contribution in [0.3, 0.4) is 0 Å². The van der Waals surface area contributed by atoms with Crippen LogP contribution in [-0.2, 0) is 4.74 Å². The number of hydrogen-bond acceptors (Lipinski definition) is 4. The molecule has 2 aromatic carbocycles. The molecule has 166 valence electrons. The lowest BCUT2D eigenvalue weighted by atomic mass is 9.88. The maximum absolute atomic E-state index is 13.1. The van der Waals surface area contributed by atoms with E-state index in [4.69, 9.17) is 21.1 Å². The number of nitrogens with one attached hydrogen (secondary N) is 1. The van der Waals surface area contributed by atoms with Gasteiger partial charge in [-0.2, -0.15) is 0 Å². The molecule has 2 heterocycles. The first-order valence-electron chi connectivity index (χ1n) is 11.1. The van der Waals surface area contributed by atoms with E-state index in [9.17, 15) is 4.79 Å². The molecule has 1 amide bonds. The highest BCUT2D eigenvalue weighted by Gasteiger charge is 2.41. The van der Waals surface area contributed by atoms with Gasteiger partial charge in [0.05, 0.1) is 17.8 Å². The number of hydrogen-bond donors (Lipinski definition) is 1. The van der Waals surface area contributed by atoms with Gasteiger partial charge < -0.3 is 19.7 Å². The molecule has 1 atom stereocenters. The first-order valence-corrected chi connectivity index (χ1v) is 11.4. The average molecular weight is 443 g/mol. The molecule has 4 rings (SSSR count). The van der Waals surface area contributed by atoms with E-state index in [1.807, 2.05) is 68.1 Å². The summed E-state index contributed by atoms with van der Waals surface area (Å²) < 4.78 is 12.4. The molecule has 1 unspecified atom stereocenters. The molecule has 2 aliphatic rings. The fourth-order valence-electron chi connectivity index (χ4n) is 4.44. The molecule has 1 N–H and O–H groups in total. The van der Waals surface area contributed by atoms with Crippen molar-refractivity contribution in [1.82, 2.24) is 10.2 Å². The minimum atomic E-state index is -0.232. The zero-order valence-corrected chi connectivity index (χ0v) is 19.2. The topological polar surface area (TPSA) is 50.8 Å². The quantitative estimate of drug-likeness (QED) is 0.740. The molecule has 0 aliphatic carbocycles. The maximum atomic E-state index is 13.1. The van der Waals surface area contributed by atoms with Crippen molar-refractivity contribution in [2.24, 2.45) is 0 Å². The third kappa shape index (κ3) is 5.05. The highest BCUT2D eigenvalue weighted by molar-refractivity contribution is 6.30. The summed E-state index contributed by atoms with van der Waals surface area (Å²) >= 11 is 6.03. The van der Waals surface area contributed by atoms with Crippen LogP contribution in [0.4, 0.5) is 0 Å². The second kappa shape index (κ2) is 9.19. The third-order valence-corrected chi connectivity index (χ3v) is 6.41. The number of amides is 1. The predicted molar refractivity (Wildman–Crippen MR) is 123 cm³/mol. The summed E-state index contributed by atoms with van der Waals surface area (Å²) in [6, 6.07) is 13.6. The van der Waals surface area contributed by atoms with Crippen LogP contribution in [0.25, 0.3) is 0 Å². The van der Waals surface area contributed by atoms with E-state index >= 15 is 0 Å². The van der Waals surface area contributed by atoms with Crippen LogP contribution in [0.1, 0.15) is 54.3 Å². The van der Waals surface area contributed by atoms with Crippen LogP contribution >= 0.6 is 11.6 Å². The molecular formula is C25H31ClN2O3. The number of carbonyl (C=O) groups is 1. The molecule has 5 nitrogen and oxygen atoms in total. The van der Waals surface area contributed by atoms with Gasteiger partial charge in [0.25, 0.3) is 5.91 Å². The van der Waals surface area contributed by atoms with Crippen molar-refractivity contribution in [1.29, 1.82) is 0 Å². The standard InChI is InChI=1S/C25H31ClN2O3/c1-17(2)30-22-9-6-20(14-18(22)3)24(29)28-12-10-25(11-13-28)16-27-15-23(31-25)19-4-7-21(26)8-5-19/h4-9,14,17,23,27H,10-13,15-16H2,1-3H3. The van der Waals surface area contributed by atoms with Gasteiger partial charge in [-0.25, -0.2) is 0 Å². The normalized spacial score (nSPS) is 20.8. The monoisotopic (exact) mass is 442 g/mol. The van der Waals surface area contributed by atoms with Crippen molar-refractivity contribution < 1.29 is 14.3 Å². The number of aryl methyl sites for hydroxylation is 1. The Morgan fingerprint density at radius 3 is 2.55 bits per heavy atom. The van der Waals surface area contributed by atoms with Crippen molar-refractivity contribution in [3.8, 4) is 5.75 Å². The third-order valence-electron chi connectivity index (χ3n) is 6.16. The molecular weight excluding hydrogens is 412 g/mol. The van der Waals surface area contributed by atoms with Gasteiger partial charge in [0.1, 0.15) is 5.75 Å². The Hall–Kier alpha value is -2.08. The predicted octanol–water partition coefficient (Wildman–Crippen LogP) is 4.77. The summed E-state index contributed by atoms with van der Waals surface area (Å²) in [5.74, 6) is 0.908. The van der Waals surface area contributed by atoms with E-state index < -0.39 is 0 Å². The fraction of sp³-hybridized carbons (Fsp3) is 0.480. The SMILES string of the molecule is Cc1cc(C(=O)N2CCC3(CC2)CNCC(c2ccc(Cl)cc2)O3)ccc1OC(C)C. The number of benzene rings is 2. The molecule has 0 aromatic heterocycles. The lowest BCUT2D eigenvalue weighted by molar-refractivity contribution is -0.140. The van der Waals surface area contributed by atoms with Crippen LogP contribution in [0.5, 0.6) is 5.75 Å². The largest absolute Gasteiger partial charge is 0.491 e. The van der Waals surface area contributed by atoms with E-state index in [1.54, 1.807) is 0 Å². The first kappa shape index (κ1) is 22.1. The second-order valence-electron chi connectivity index (χ2n) is 8.91. The summed E-state index contributed by atoms with van der Waals surface area (Å²) in [6.45, 7) is 8.98. The maximum Gasteiger partial charge on any atom is 0.253 e. The van der Waals surface area contributed by atoms with Crippen molar-refractivity contribution in [3.63, 3.8) is 0 Å². The van der Waals surface area contributed by atoms with Gasteiger partial charge in [0, 0.05) is 36.8 Å². The summed E-state index contributed by atoms with van der Waals surface area (Å²) in [6.07, 6.45) is 1.76.